The van der Waals surface area contributed by atoms with Crippen LogP contribution in [0, 0.1) is 5.92 Å². The normalized spacial score (nSPS) is 28.5. The summed E-state index contributed by atoms with van der Waals surface area (Å²) in [6, 6.07) is 20.6. The second-order valence-electron chi connectivity index (χ2n) is 6.37. The van der Waals surface area contributed by atoms with E-state index in [1.807, 2.05) is 36.4 Å². The fourth-order valence-electron chi connectivity index (χ4n) is 3.40. The Hall–Kier alpha value is -1.68. The molecule has 3 heteroatoms. The zero-order valence-corrected chi connectivity index (χ0v) is 13.1. The lowest BCUT2D eigenvalue weighted by Crippen LogP contribution is -2.28. The molecule has 2 aliphatic rings. The predicted octanol–water partition coefficient (Wildman–Crippen LogP) is 3.58. The maximum atomic E-state index is 6.15. The quantitative estimate of drug-likeness (QED) is 0.733. The van der Waals surface area contributed by atoms with Crippen molar-refractivity contribution in [2.45, 2.75) is 37.9 Å². The number of hydrogen-bond donors (Lipinski definition) is 0. The largest absolute Gasteiger partial charge is 0.376 e. The second kappa shape index (κ2) is 6.83. The highest BCUT2D eigenvalue weighted by Gasteiger charge is 2.56. The minimum atomic E-state index is 0.245. The first-order chi connectivity index (χ1) is 11.4. The van der Waals surface area contributed by atoms with Crippen LogP contribution in [0.3, 0.4) is 0 Å². The SMILES string of the molecule is c1ccc(COC[C@@H]2[C@H]3O[C@H]3C[C@H]2OCc2ccccc2)cc1. The summed E-state index contributed by atoms with van der Waals surface area (Å²) in [6.07, 6.45) is 1.97. The number of ether oxygens (including phenoxy) is 3. The monoisotopic (exact) mass is 310 g/mol. The highest BCUT2D eigenvalue weighted by atomic mass is 16.6. The molecule has 1 aliphatic heterocycles. The lowest BCUT2D eigenvalue weighted by Gasteiger charge is -2.22. The van der Waals surface area contributed by atoms with Crippen LogP contribution in [0.5, 0.6) is 0 Å². The van der Waals surface area contributed by atoms with E-state index < -0.39 is 0 Å². The Balaban J connectivity index is 1.28. The molecule has 0 amide bonds. The summed E-state index contributed by atoms with van der Waals surface area (Å²) >= 11 is 0. The maximum absolute atomic E-state index is 6.15. The molecule has 1 saturated carbocycles. The molecule has 4 rings (SSSR count). The van der Waals surface area contributed by atoms with E-state index in [-0.39, 0.29) is 6.10 Å². The van der Waals surface area contributed by atoms with E-state index in [4.69, 9.17) is 14.2 Å². The molecule has 0 bridgehead atoms. The molecule has 0 N–H and O–H groups in total. The van der Waals surface area contributed by atoms with E-state index >= 15 is 0 Å². The van der Waals surface area contributed by atoms with Crippen molar-refractivity contribution in [1.29, 1.82) is 0 Å². The lowest BCUT2D eigenvalue weighted by molar-refractivity contribution is -0.0450. The fourth-order valence-corrected chi connectivity index (χ4v) is 3.40. The minimum absolute atomic E-state index is 0.245. The van der Waals surface area contributed by atoms with E-state index in [2.05, 4.69) is 24.3 Å². The smallest absolute Gasteiger partial charge is 0.0917 e. The Bertz CT molecular complexity index is 613. The Kier molecular flexibility index (Phi) is 4.42. The summed E-state index contributed by atoms with van der Waals surface area (Å²) in [4.78, 5) is 0. The number of hydrogen-bond acceptors (Lipinski definition) is 3. The van der Waals surface area contributed by atoms with Gasteiger partial charge in [0.05, 0.1) is 38.1 Å². The first-order valence-electron chi connectivity index (χ1n) is 8.33. The van der Waals surface area contributed by atoms with E-state index in [1.165, 1.54) is 11.1 Å². The average Bonchev–Trinajstić information content (AvgIpc) is 3.29. The van der Waals surface area contributed by atoms with Gasteiger partial charge < -0.3 is 14.2 Å². The van der Waals surface area contributed by atoms with Gasteiger partial charge in [-0.2, -0.15) is 0 Å². The summed E-state index contributed by atoms with van der Waals surface area (Å²) in [6.45, 7) is 2.02. The number of rotatable bonds is 7. The number of fused-ring (bicyclic) bond motifs is 1. The van der Waals surface area contributed by atoms with Gasteiger partial charge in [-0.1, -0.05) is 60.7 Å². The molecule has 1 saturated heterocycles. The van der Waals surface area contributed by atoms with Crippen LogP contribution in [-0.2, 0) is 27.4 Å². The van der Waals surface area contributed by atoms with Gasteiger partial charge in [-0.25, -0.2) is 0 Å². The van der Waals surface area contributed by atoms with Gasteiger partial charge in [0.15, 0.2) is 0 Å². The van der Waals surface area contributed by atoms with E-state index in [0.717, 1.165) is 6.42 Å². The Labute approximate surface area is 137 Å². The van der Waals surface area contributed by atoms with E-state index in [1.54, 1.807) is 0 Å². The Morgan fingerprint density at radius 2 is 1.52 bits per heavy atom. The molecule has 1 aliphatic carbocycles. The van der Waals surface area contributed by atoms with Gasteiger partial charge in [-0.3, -0.25) is 0 Å². The van der Waals surface area contributed by atoms with Crippen molar-refractivity contribution in [3.63, 3.8) is 0 Å². The van der Waals surface area contributed by atoms with Gasteiger partial charge in [0.25, 0.3) is 0 Å². The second-order valence-corrected chi connectivity index (χ2v) is 6.37. The molecule has 4 atom stereocenters. The number of benzene rings is 2. The first kappa shape index (κ1) is 14.9. The van der Waals surface area contributed by atoms with Crippen LogP contribution in [0.15, 0.2) is 60.7 Å². The first-order valence-corrected chi connectivity index (χ1v) is 8.33. The molecule has 2 fully saturated rings. The van der Waals surface area contributed by atoms with Crippen molar-refractivity contribution in [1.82, 2.24) is 0 Å². The Morgan fingerprint density at radius 3 is 2.22 bits per heavy atom. The van der Waals surface area contributed by atoms with Gasteiger partial charge >= 0.3 is 0 Å². The van der Waals surface area contributed by atoms with Crippen LogP contribution in [0.4, 0.5) is 0 Å². The molecule has 0 unspecified atom stereocenters. The lowest BCUT2D eigenvalue weighted by atomic mass is 10.1. The van der Waals surface area contributed by atoms with E-state index in [0.29, 0.717) is 37.9 Å². The summed E-state index contributed by atoms with van der Waals surface area (Å²) in [5, 5.41) is 0. The molecular weight excluding hydrogens is 288 g/mol. The molecule has 0 spiro atoms. The van der Waals surface area contributed by atoms with Gasteiger partial charge in [0.2, 0.25) is 0 Å². The fraction of sp³-hybridized carbons (Fsp3) is 0.400. The van der Waals surface area contributed by atoms with Crippen molar-refractivity contribution in [3.8, 4) is 0 Å². The summed E-state index contributed by atoms with van der Waals surface area (Å²) in [7, 11) is 0. The molecule has 1 heterocycles. The van der Waals surface area contributed by atoms with Gasteiger partial charge in [0.1, 0.15) is 0 Å². The zero-order chi connectivity index (χ0) is 15.5. The van der Waals surface area contributed by atoms with Gasteiger partial charge in [-0.05, 0) is 11.1 Å². The van der Waals surface area contributed by atoms with Crippen molar-refractivity contribution in [2.75, 3.05) is 6.61 Å². The summed E-state index contributed by atoms with van der Waals surface area (Å²) in [5.74, 6) is 0.354. The summed E-state index contributed by atoms with van der Waals surface area (Å²) in [5.41, 5.74) is 2.43. The van der Waals surface area contributed by atoms with Crippen molar-refractivity contribution >= 4 is 0 Å². The molecular formula is C20H22O3. The topological polar surface area (TPSA) is 31.0 Å². The molecule has 2 aromatic carbocycles. The van der Waals surface area contributed by atoms with Crippen molar-refractivity contribution < 1.29 is 14.2 Å². The molecule has 120 valence electrons. The molecule has 2 aromatic rings. The van der Waals surface area contributed by atoms with Crippen LogP contribution < -0.4 is 0 Å². The van der Waals surface area contributed by atoms with Gasteiger partial charge in [-0.15, -0.1) is 0 Å². The van der Waals surface area contributed by atoms with Crippen LogP contribution in [0.2, 0.25) is 0 Å². The summed E-state index contributed by atoms with van der Waals surface area (Å²) < 4.78 is 17.8. The molecule has 0 aromatic heterocycles. The zero-order valence-electron chi connectivity index (χ0n) is 13.1. The maximum Gasteiger partial charge on any atom is 0.0917 e. The van der Waals surface area contributed by atoms with Crippen molar-refractivity contribution in [2.24, 2.45) is 5.92 Å². The Morgan fingerprint density at radius 1 is 0.870 bits per heavy atom. The highest BCUT2D eigenvalue weighted by molar-refractivity contribution is 5.14. The van der Waals surface area contributed by atoms with Crippen LogP contribution in [0.25, 0.3) is 0 Å². The third-order valence-corrected chi connectivity index (χ3v) is 4.71. The molecule has 23 heavy (non-hydrogen) atoms. The highest BCUT2D eigenvalue weighted by Crippen LogP contribution is 2.45. The third-order valence-electron chi connectivity index (χ3n) is 4.71. The minimum Gasteiger partial charge on any atom is -0.376 e. The number of epoxide rings is 1. The van der Waals surface area contributed by atoms with Crippen LogP contribution >= 0.6 is 0 Å². The third kappa shape index (κ3) is 3.63. The van der Waals surface area contributed by atoms with Crippen LogP contribution in [-0.4, -0.2) is 24.9 Å². The predicted molar refractivity (Wildman–Crippen MR) is 87.9 cm³/mol. The van der Waals surface area contributed by atoms with Gasteiger partial charge in [0, 0.05) is 12.3 Å². The van der Waals surface area contributed by atoms with Crippen LogP contribution in [0.1, 0.15) is 17.5 Å². The standard InChI is InChI=1S/C20H22O3/c1-3-7-15(8-4-1)12-21-14-17-18(11-19-20(17)23-19)22-13-16-9-5-2-6-10-16/h1-10,17-20H,11-14H2/t17-,18+,19-,20+/m0/s1. The molecule has 0 radical (unpaired) electrons. The average molecular weight is 310 g/mol. The van der Waals surface area contributed by atoms with E-state index in [9.17, 15) is 0 Å². The van der Waals surface area contributed by atoms with Crippen molar-refractivity contribution in [3.05, 3.63) is 71.8 Å². The molecule has 3 nitrogen and oxygen atoms in total.